The quantitative estimate of drug-likeness (QED) is 0.878. The lowest BCUT2D eigenvalue weighted by Crippen LogP contribution is -2.32. The highest BCUT2D eigenvalue weighted by atomic mass is 32.1. The number of amides is 1. The lowest BCUT2D eigenvalue weighted by molar-refractivity contribution is 0.0931. The van der Waals surface area contributed by atoms with Crippen molar-refractivity contribution in [2.24, 2.45) is 5.41 Å². The fourth-order valence-corrected chi connectivity index (χ4v) is 2.70. The topological polar surface area (TPSA) is 75.1 Å². The minimum Gasteiger partial charge on any atom is -0.396 e. The van der Waals surface area contributed by atoms with Crippen molar-refractivity contribution in [3.8, 4) is 10.4 Å². The molecule has 20 heavy (non-hydrogen) atoms. The maximum absolute atomic E-state index is 12.2. The van der Waals surface area contributed by atoms with Gasteiger partial charge in [-0.25, -0.2) is 0 Å². The molecule has 1 saturated carbocycles. The zero-order chi connectivity index (χ0) is 14.0. The van der Waals surface area contributed by atoms with Gasteiger partial charge in [0.15, 0.2) is 5.69 Å². The Morgan fingerprint density at radius 3 is 2.75 bits per heavy atom. The highest BCUT2D eigenvalue weighted by Gasteiger charge is 2.42. The van der Waals surface area contributed by atoms with Gasteiger partial charge in [0.25, 0.3) is 5.91 Å². The largest absolute Gasteiger partial charge is 0.396 e. The summed E-state index contributed by atoms with van der Waals surface area (Å²) in [7, 11) is 0. The third kappa shape index (κ3) is 2.57. The van der Waals surface area contributed by atoms with E-state index in [1.165, 1.54) is 11.5 Å². The first kappa shape index (κ1) is 13.2. The Bertz CT molecular complexity index is 608. The third-order valence-electron chi connectivity index (χ3n) is 3.66. The Morgan fingerprint density at radius 1 is 1.35 bits per heavy atom. The molecule has 5 nitrogen and oxygen atoms in total. The van der Waals surface area contributed by atoms with Gasteiger partial charge in [-0.15, -0.1) is 5.10 Å². The molecule has 1 amide bonds. The highest BCUT2D eigenvalue weighted by Crippen LogP contribution is 2.44. The van der Waals surface area contributed by atoms with Crippen LogP contribution in [-0.2, 0) is 0 Å². The third-order valence-corrected chi connectivity index (χ3v) is 4.43. The number of benzene rings is 1. The van der Waals surface area contributed by atoms with E-state index in [0.29, 0.717) is 12.2 Å². The number of nitrogens with zero attached hydrogens (tertiary/aromatic N) is 2. The van der Waals surface area contributed by atoms with E-state index in [1.54, 1.807) is 0 Å². The Labute approximate surface area is 120 Å². The molecule has 0 bridgehead atoms. The van der Waals surface area contributed by atoms with Gasteiger partial charge in [0.05, 0.1) is 11.5 Å². The zero-order valence-electron chi connectivity index (χ0n) is 10.9. The number of carbonyl (C=O) groups excluding carboxylic acids is 1. The molecule has 6 heteroatoms. The normalized spacial score (nSPS) is 15.8. The summed E-state index contributed by atoms with van der Waals surface area (Å²) in [6, 6.07) is 9.63. The van der Waals surface area contributed by atoms with E-state index < -0.39 is 0 Å². The number of hydrogen-bond donors (Lipinski definition) is 2. The summed E-state index contributed by atoms with van der Waals surface area (Å²) in [4.78, 5) is 13.0. The average Bonchev–Trinajstić information content (AvgIpc) is 3.12. The van der Waals surface area contributed by atoms with E-state index in [4.69, 9.17) is 0 Å². The van der Waals surface area contributed by atoms with Gasteiger partial charge < -0.3 is 10.4 Å². The number of aliphatic hydroxyl groups is 1. The first-order valence-corrected chi connectivity index (χ1v) is 7.28. The van der Waals surface area contributed by atoms with Gasteiger partial charge >= 0.3 is 0 Å². The second kappa shape index (κ2) is 5.30. The lowest BCUT2D eigenvalue weighted by atomic mass is 10.1. The molecule has 0 unspecified atom stereocenters. The van der Waals surface area contributed by atoms with Gasteiger partial charge in [-0.05, 0) is 29.9 Å². The second-order valence-corrected chi connectivity index (χ2v) is 5.91. The van der Waals surface area contributed by atoms with Crippen molar-refractivity contribution in [2.45, 2.75) is 12.8 Å². The Balaban J connectivity index is 1.74. The fraction of sp³-hybridized carbons (Fsp3) is 0.357. The van der Waals surface area contributed by atoms with Gasteiger partial charge in [-0.1, -0.05) is 34.8 Å². The van der Waals surface area contributed by atoms with Crippen molar-refractivity contribution in [1.82, 2.24) is 14.9 Å². The van der Waals surface area contributed by atoms with E-state index >= 15 is 0 Å². The lowest BCUT2D eigenvalue weighted by Gasteiger charge is -2.12. The molecule has 1 aliphatic rings. The van der Waals surface area contributed by atoms with E-state index in [1.807, 2.05) is 30.3 Å². The van der Waals surface area contributed by atoms with Crippen LogP contribution in [0.3, 0.4) is 0 Å². The van der Waals surface area contributed by atoms with E-state index in [-0.39, 0.29) is 17.9 Å². The molecule has 2 N–H and O–H groups in total. The highest BCUT2D eigenvalue weighted by molar-refractivity contribution is 7.09. The first-order chi connectivity index (χ1) is 9.74. The molecule has 2 aromatic rings. The SMILES string of the molecule is O=C(NCC1(CO)CC1)c1nnsc1-c1ccccc1. The van der Waals surface area contributed by atoms with E-state index in [0.717, 1.165) is 23.3 Å². The predicted octanol–water partition coefficient (Wildman–Crippen LogP) is 1.71. The van der Waals surface area contributed by atoms with Crippen molar-refractivity contribution in [3.63, 3.8) is 0 Å². The molecule has 0 saturated heterocycles. The molecule has 1 fully saturated rings. The van der Waals surface area contributed by atoms with Crippen LogP contribution in [0.5, 0.6) is 0 Å². The van der Waals surface area contributed by atoms with E-state index in [2.05, 4.69) is 14.9 Å². The monoisotopic (exact) mass is 289 g/mol. The smallest absolute Gasteiger partial charge is 0.273 e. The predicted molar refractivity (Wildman–Crippen MR) is 76.4 cm³/mol. The maximum Gasteiger partial charge on any atom is 0.273 e. The molecule has 0 aliphatic heterocycles. The first-order valence-electron chi connectivity index (χ1n) is 6.51. The molecule has 104 valence electrons. The minimum absolute atomic E-state index is 0.105. The maximum atomic E-state index is 12.2. The summed E-state index contributed by atoms with van der Waals surface area (Å²) in [6.07, 6.45) is 1.93. The van der Waals surface area contributed by atoms with Crippen LogP contribution in [0.15, 0.2) is 30.3 Å². The van der Waals surface area contributed by atoms with Gasteiger partial charge in [-0.3, -0.25) is 4.79 Å². The number of carbonyl (C=O) groups is 1. The van der Waals surface area contributed by atoms with Crippen molar-refractivity contribution in [3.05, 3.63) is 36.0 Å². The van der Waals surface area contributed by atoms with Crippen LogP contribution in [-0.4, -0.2) is 33.8 Å². The number of rotatable bonds is 5. The van der Waals surface area contributed by atoms with Gasteiger partial charge in [0.1, 0.15) is 0 Å². The molecule has 0 atom stereocenters. The molecule has 1 heterocycles. The summed E-state index contributed by atoms with van der Waals surface area (Å²) in [5, 5.41) is 16.0. The fourth-order valence-electron chi connectivity index (χ4n) is 2.04. The van der Waals surface area contributed by atoms with Crippen molar-refractivity contribution in [1.29, 1.82) is 0 Å². The molecule has 0 radical (unpaired) electrons. The summed E-state index contributed by atoms with van der Waals surface area (Å²) in [5.41, 5.74) is 1.19. The summed E-state index contributed by atoms with van der Waals surface area (Å²) >= 11 is 1.21. The van der Waals surface area contributed by atoms with Crippen molar-refractivity contribution >= 4 is 17.4 Å². The molecule has 1 aromatic heterocycles. The van der Waals surface area contributed by atoms with Crippen LogP contribution < -0.4 is 5.32 Å². The molecule has 1 aromatic carbocycles. The minimum atomic E-state index is -0.225. The molecule has 1 aliphatic carbocycles. The van der Waals surface area contributed by atoms with Gasteiger partial charge in [0.2, 0.25) is 0 Å². The number of nitrogens with one attached hydrogen (secondary N) is 1. The zero-order valence-corrected chi connectivity index (χ0v) is 11.7. The Hall–Kier alpha value is -1.79. The number of aliphatic hydroxyl groups excluding tert-OH is 1. The standard InChI is InChI=1S/C14H15N3O2S/c18-9-14(6-7-14)8-15-13(19)11-12(20-17-16-11)10-4-2-1-3-5-10/h1-5,18H,6-9H2,(H,15,19). The van der Waals surface area contributed by atoms with Crippen LogP contribution in [0.2, 0.25) is 0 Å². The molecular formula is C14H15N3O2S. The summed E-state index contributed by atoms with van der Waals surface area (Å²) in [6.45, 7) is 0.613. The molecular weight excluding hydrogens is 274 g/mol. The van der Waals surface area contributed by atoms with Crippen LogP contribution in [0, 0.1) is 5.41 Å². The van der Waals surface area contributed by atoms with Crippen LogP contribution in [0.25, 0.3) is 10.4 Å². The second-order valence-electron chi connectivity index (χ2n) is 5.16. The van der Waals surface area contributed by atoms with Crippen LogP contribution in [0.1, 0.15) is 23.3 Å². The van der Waals surface area contributed by atoms with E-state index in [9.17, 15) is 9.90 Å². The number of hydrogen-bond acceptors (Lipinski definition) is 5. The van der Waals surface area contributed by atoms with Crippen LogP contribution >= 0.6 is 11.5 Å². The summed E-state index contributed by atoms with van der Waals surface area (Å²) in [5.74, 6) is -0.225. The van der Waals surface area contributed by atoms with Crippen LogP contribution in [0.4, 0.5) is 0 Å². The number of aromatic nitrogens is 2. The van der Waals surface area contributed by atoms with Crippen molar-refractivity contribution < 1.29 is 9.90 Å². The molecule has 0 spiro atoms. The summed E-state index contributed by atoms with van der Waals surface area (Å²) < 4.78 is 3.88. The van der Waals surface area contributed by atoms with Gasteiger partial charge in [0, 0.05) is 12.0 Å². The Kier molecular flexibility index (Phi) is 3.50. The van der Waals surface area contributed by atoms with Gasteiger partial charge in [-0.2, -0.15) is 0 Å². The van der Waals surface area contributed by atoms with Crippen molar-refractivity contribution in [2.75, 3.05) is 13.2 Å². The Morgan fingerprint density at radius 2 is 2.10 bits per heavy atom. The average molecular weight is 289 g/mol. The molecule has 3 rings (SSSR count).